The molecule has 2 N–H and O–H groups in total. The third kappa shape index (κ3) is 3.63. The minimum absolute atomic E-state index is 0.0568. The largest absolute Gasteiger partial charge is 0.387 e. The van der Waals surface area contributed by atoms with E-state index in [9.17, 15) is 5.11 Å². The van der Waals surface area contributed by atoms with Gasteiger partial charge in [-0.25, -0.2) is 0 Å². The van der Waals surface area contributed by atoms with Gasteiger partial charge in [-0.05, 0) is 19.1 Å². The topological polar surface area (TPSA) is 32.3 Å². The normalized spacial score (nSPS) is 15.2. The second kappa shape index (κ2) is 5.87. The molecule has 0 heterocycles. The first-order valence-corrected chi connectivity index (χ1v) is 6.06. The second-order valence-electron chi connectivity index (χ2n) is 4.22. The van der Waals surface area contributed by atoms with Crippen LogP contribution in [0.1, 0.15) is 32.4 Å². The molecular formula is C12H17Cl2NO. The lowest BCUT2D eigenvalue weighted by Gasteiger charge is -2.23. The van der Waals surface area contributed by atoms with E-state index in [1.54, 1.807) is 18.2 Å². The number of rotatable bonds is 4. The van der Waals surface area contributed by atoms with Gasteiger partial charge in [0.15, 0.2) is 0 Å². The maximum atomic E-state index is 10.1. The highest BCUT2D eigenvalue weighted by atomic mass is 35.5. The molecule has 0 saturated heterocycles. The van der Waals surface area contributed by atoms with Gasteiger partial charge in [0.2, 0.25) is 0 Å². The number of nitrogens with one attached hydrogen (secondary N) is 1. The first kappa shape index (κ1) is 13.8. The maximum absolute atomic E-state index is 10.1. The molecule has 4 heteroatoms. The van der Waals surface area contributed by atoms with Crippen LogP contribution in [0.25, 0.3) is 0 Å². The summed E-state index contributed by atoms with van der Waals surface area (Å²) in [5.41, 5.74) is 0.701. The van der Waals surface area contributed by atoms with E-state index >= 15 is 0 Å². The minimum atomic E-state index is -0.632. The van der Waals surface area contributed by atoms with Crippen molar-refractivity contribution >= 4 is 23.2 Å². The van der Waals surface area contributed by atoms with E-state index in [2.05, 4.69) is 5.32 Å². The first-order valence-electron chi connectivity index (χ1n) is 5.31. The van der Waals surface area contributed by atoms with Crippen LogP contribution < -0.4 is 5.32 Å². The Labute approximate surface area is 107 Å². The van der Waals surface area contributed by atoms with Crippen LogP contribution >= 0.6 is 23.2 Å². The van der Waals surface area contributed by atoms with Gasteiger partial charge in [-0.3, -0.25) is 0 Å². The molecule has 0 spiro atoms. The summed E-state index contributed by atoms with van der Waals surface area (Å²) in [6.45, 7) is 6.00. The molecule has 0 aliphatic rings. The van der Waals surface area contributed by atoms with Crippen LogP contribution in [0, 0.1) is 0 Å². The lowest BCUT2D eigenvalue weighted by atomic mass is 10.0. The van der Waals surface area contributed by atoms with Crippen LogP contribution in [0.15, 0.2) is 18.2 Å². The molecule has 0 fully saturated rings. The number of hydrogen-bond acceptors (Lipinski definition) is 2. The molecule has 0 amide bonds. The van der Waals surface area contributed by atoms with Gasteiger partial charge in [0, 0.05) is 27.7 Å². The predicted octanol–water partition coefficient (Wildman–Crippen LogP) is 3.41. The summed E-state index contributed by atoms with van der Waals surface area (Å²) in [5, 5.41) is 14.4. The van der Waals surface area contributed by atoms with Crippen LogP contribution in [0.2, 0.25) is 10.0 Å². The van der Waals surface area contributed by atoms with Crippen LogP contribution in [0.5, 0.6) is 0 Å². The molecule has 2 nitrogen and oxygen atoms in total. The quantitative estimate of drug-likeness (QED) is 0.871. The zero-order chi connectivity index (χ0) is 12.3. The molecule has 1 aromatic rings. The van der Waals surface area contributed by atoms with Gasteiger partial charge < -0.3 is 10.4 Å². The SMILES string of the molecule is CC(C)NC(C)C(O)c1ccc(Cl)cc1Cl. The predicted molar refractivity (Wildman–Crippen MR) is 69.2 cm³/mol. The maximum Gasteiger partial charge on any atom is 0.0954 e. The fraction of sp³-hybridized carbons (Fsp3) is 0.500. The minimum Gasteiger partial charge on any atom is -0.387 e. The first-order chi connectivity index (χ1) is 7.41. The molecule has 2 atom stereocenters. The van der Waals surface area contributed by atoms with Gasteiger partial charge in [0.1, 0.15) is 0 Å². The molecule has 0 aliphatic carbocycles. The third-order valence-electron chi connectivity index (χ3n) is 2.35. The summed E-state index contributed by atoms with van der Waals surface area (Å²) in [7, 11) is 0. The molecule has 90 valence electrons. The molecule has 2 unspecified atom stereocenters. The Hall–Kier alpha value is -0.280. The number of hydrogen-bond donors (Lipinski definition) is 2. The van der Waals surface area contributed by atoms with E-state index in [4.69, 9.17) is 23.2 Å². The van der Waals surface area contributed by atoms with Crippen LogP contribution in [0.4, 0.5) is 0 Å². The highest BCUT2D eigenvalue weighted by Gasteiger charge is 2.19. The molecule has 0 radical (unpaired) electrons. The second-order valence-corrected chi connectivity index (χ2v) is 5.06. The monoisotopic (exact) mass is 261 g/mol. The summed E-state index contributed by atoms with van der Waals surface area (Å²) in [4.78, 5) is 0. The Kier molecular flexibility index (Phi) is 5.06. The Morgan fingerprint density at radius 2 is 1.81 bits per heavy atom. The van der Waals surface area contributed by atoms with E-state index in [1.807, 2.05) is 20.8 Å². The van der Waals surface area contributed by atoms with Crippen molar-refractivity contribution in [3.8, 4) is 0 Å². The average Bonchev–Trinajstić information content (AvgIpc) is 2.15. The standard InChI is InChI=1S/C12H17Cl2NO/c1-7(2)15-8(3)12(16)10-5-4-9(13)6-11(10)14/h4-8,12,15-16H,1-3H3. The molecule has 0 bridgehead atoms. The fourth-order valence-corrected chi connectivity index (χ4v) is 2.15. The molecule has 0 aromatic heterocycles. The van der Waals surface area contributed by atoms with Gasteiger partial charge in [-0.1, -0.05) is 43.1 Å². The molecule has 1 rings (SSSR count). The number of aliphatic hydroxyl groups is 1. The summed E-state index contributed by atoms with van der Waals surface area (Å²) < 4.78 is 0. The van der Waals surface area contributed by atoms with E-state index < -0.39 is 6.10 Å². The zero-order valence-electron chi connectivity index (χ0n) is 9.67. The van der Waals surface area contributed by atoms with Crippen molar-refractivity contribution in [2.45, 2.75) is 39.0 Å². The lowest BCUT2D eigenvalue weighted by Crippen LogP contribution is -2.37. The Morgan fingerprint density at radius 3 is 2.31 bits per heavy atom. The van der Waals surface area contributed by atoms with Crippen LogP contribution in [-0.4, -0.2) is 17.2 Å². The summed E-state index contributed by atoms with van der Waals surface area (Å²) in [6.07, 6.45) is -0.632. The lowest BCUT2D eigenvalue weighted by molar-refractivity contribution is 0.132. The summed E-state index contributed by atoms with van der Waals surface area (Å²) in [5.74, 6) is 0. The molecule has 1 aromatic carbocycles. The average molecular weight is 262 g/mol. The molecule has 0 saturated carbocycles. The van der Waals surface area contributed by atoms with Gasteiger partial charge in [-0.15, -0.1) is 0 Å². The van der Waals surface area contributed by atoms with Crippen molar-refractivity contribution in [3.05, 3.63) is 33.8 Å². The van der Waals surface area contributed by atoms with Gasteiger partial charge in [0.25, 0.3) is 0 Å². The van der Waals surface area contributed by atoms with E-state index in [0.29, 0.717) is 21.7 Å². The number of halogens is 2. The summed E-state index contributed by atoms with van der Waals surface area (Å²) >= 11 is 11.8. The van der Waals surface area contributed by atoms with E-state index in [0.717, 1.165) is 0 Å². The van der Waals surface area contributed by atoms with Crippen molar-refractivity contribution in [2.24, 2.45) is 0 Å². The van der Waals surface area contributed by atoms with Crippen molar-refractivity contribution in [2.75, 3.05) is 0 Å². The molecule has 0 aliphatic heterocycles. The summed E-state index contributed by atoms with van der Waals surface area (Å²) in [6, 6.07) is 5.39. The highest BCUT2D eigenvalue weighted by molar-refractivity contribution is 6.35. The molecular weight excluding hydrogens is 245 g/mol. The van der Waals surface area contributed by atoms with E-state index in [-0.39, 0.29) is 6.04 Å². The molecule has 16 heavy (non-hydrogen) atoms. The van der Waals surface area contributed by atoms with Crippen molar-refractivity contribution < 1.29 is 5.11 Å². The van der Waals surface area contributed by atoms with Crippen molar-refractivity contribution in [3.63, 3.8) is 0 Å². The zero-order valence-corrected chi connectivity index (χ0v) is 11.2. The van der Waals surface area contributed by atoms with Crippen LogP contribution in [-0.2, 0) is 0 Å². The number of benzene rings is 1. The van der Waals surface area contributed by atoms with Crippen molar-refractivity contribution in [1.82, 2.24) is 5.32 Å². The van der Waals surface area contributed by atoms with Gasteiger partial charge in [0.05, 0.1) is 6.10 Å². The van der Waals surface area contributed by atoms with Crippen LogP contribution in [0.3, 0.4) is 0 Å². The van der Waals surface area contributed by atoms with E-state index in [1.165, 1.54) is 0 Å². The van der Waals surface area contributed by atoms with Crippen molar-refractivity contribution in [1.29, 1.82) is 0 Å². The Balaban J connectivity index is 2.83. The number of aliphatic hydroxyl groups excluding tert-OH is 1. The van der Waals surface area contributed by atoms with Gasteiger partial charge in [-0.2, -0.15) is 0 Å². The highest BCUT2D eigenvalue weighted by Crippen LogP contribution is 2.28. The van der Waals surface area contributed by atoms with Gasteiger partial charge >= 0.3 is 0 Å². The Bertz CT molecular complexity index is 355. The smallest absolute Gasteiger partial charge is 0.0954 e. The third-order valence-corrected chi connectivity index (χ3v) is 2.91. The Morgan fingerprint density at radius 1 is 1.19 bits per heavy atom. The fourth-order valence-electron chi connectivity index (χ4n) is 1.63.